The fourth-order valence-electron chi connectivity index (χ4n) is 2.64. The Balaban J connectivity index is 1.73. The summed E-state index contributed by atoms with van der Waals surface area (Å²) in [6.07, 6.45) is 1.85. The molecule has 1 atom stereocenters. The average molecular weight is 309 g/mol. The fourth-order valence-corrected chi connectivity index (χ4v) is 2.64. The Morgan fingerprint density at radius 2 is 2.09 bits per heavy atom. The number of methoxy groups -OCH3 is 1. The Kier molecular flexibility index (Phi) is 4.28. The number of ether oxygens (including phenoxy) is 1. The van der Waals surface area contributed by atoms with E-state index in [0.29, 0.717) is 6.42 Å². The number of hydrogen-bond donors (Lipinski definition) is 1. The first kappa shape index (κ1) is 15.1. The molecule has 0 fully saturated rings. The van der Waals surface area contributed by atoms with Crippen molar-refractivity contribution in [3.8, 4) is 5.75 Å². The molecule has 0 radical (unpaired) electrons. The summed E-state index contributed by atoms with van der Waals surface area (Å²) in [6, 6.07) is 15.5. The van der Waals surface area contributed by atoms with Crippen LogP contribution in [0.3, 0.4) is 0 Å². The number of carbonyl (C=O) groups excluding carboxylic acids is 1. The second-order valence-corrected chi connectivity index (χ2v) is 5.45. The molecule has 1 aliphatic heterocycles. The maximum absolute atomic E-state index is 12.4. The normalized spacial score (nSPS) is 15.9. The molecule has 5 nitrogen and oxygen atoms in total. The predicted molar refractivity (Wildman–Crippen MR) is 89.4 cm³/mol. The highest BCUT2D eigenvalue weighted by molar-refractivity contribution is 5.84. The van der Waals surface area contributed by atoms with Crippen molar-refractivity contribution in [2.75, 3.05) is 14.2 Å². The van der Waals surface area contributed by atoms with E-state index in [9.17, 15) is 4.79 Å². The van der Waals surface area contributed by atoms with E-state index in [1.807, 2.05) is 55.6 Å². The van der Waals surface area contributed by atoms with Crippen molar-refractivity contribution < 1.29 is 9.53 Å². The van der Waals surface area contributed by atoms with Gasteiger partial charge in [-0.25, -0.2) is 0 Å². The summed E-state index contributed by atoms with van der Waals surface area (Å²) in [5.74, 6) is 0.696. The number of carbonyl (C=O) groups is 1. The third-order valence-corrected chi connectivity index (χ3v) is 3.84. The van der Waals surface area contributed by atoms with Crippen molar-refractivity contribution >= 4 is 12.1 Å². The van der Waals surface area contributed by atoms with Gasteiger partial charge >= 0.3 is 0 Å². The molecular weight excluding hydrogens is 290 g/mol. The van der Waals surface area contributed by atoms with E-state index in [-0.39, 0.29) is 12.1 Å². The van der Waals surface area contributed by atoms with Crippen LogP contribution in [-0.4, -0.2) is 31.3 Å². The maximum Gasteiger partial charge on any atom is 0.226 e. The van der Waals surface area contributed by atoms with Crippen molar-refractivity contribution in [1.82, 2.24) is 10.3 Å². The molecule has 0 spiro atoms. The molecule has 2 aromatic rings. The lowest BCUT2D eigenvalue weighted by Crippen LogP contribution is -2.39. The van der Waals surface area contributed by atoms with Crippen molar-refractivity contribution in [2.24, 2.45) is 5.10 Å². The van der Waals surface area contributed by atoms with E-state index < -0.39 is 0 Å². The Labute approximate surface area is 135 Å². The largest absolute Gasteiger partial charge is 0.497 e. The van der Waals surface area contributed by atoms with Gasteiger partial charge in [0.2, 0.25) is 5.91 Å². The minimum Gasteiger partial charge on any atom is -0.497 e. The molecule has 0 saturated heterocycles. The van der Waals surface area contributed by atoms with Crippen LogP contribution in [0.25, 0.3) is 0 Å². The Hall–Kier alpha value is -2.82. The minimum atomic E-state index is -0.255. The van der Waals surface area contributed by atoms with E-state index in [2.05, 4.69) is 10.4 Å². The highest BCUT2D eigenvalue weighted by atomic mass is 16.5. The van der Waals surface area contributed by atoms with Crippen LogP contribution >= 0.6 is 0 Å². The second-order valence-electron chi connectivity index (χ2n) is 5.45. The zero-order chi connectivity index (χ0) is 16.2. The second kappa shape index (κ2) is 6.52. The fraction of sp³-hybridized carbons (Fsp3) is 0.222. The van der Waals surface area contributed by atoms with Crippen LogP contribution in [0.1, 0.15) is 22.9 Å². The van der Waals surface area contributed by atoms with Gasteiger partial charge in [0.1, 0.15) is 11.9 Å². The van der Waals surface area contributed by atoms with Crippen LogP contribution in [0.4, 0.5) is 0 Å². The van der Waals surface area contributed by atoms with Crippen LogP contribution in [0.5, 0.6) is 5.75 Å². The first-order chi connectivity index (χ1) is 11.2. The smallest absolute Gasteiger partial charge is 0.226 e. The summed E-state index contributed by atoms with van der Waals surface area (Å²) in [6.45, 7) is 0. The van der Waals surface area contributed by atoms with E-state index >= 15 is 0 Å². The number of amides is 1. The zero-order valence-corrected chi connectivity index (χ0v) is 13.2. The SMILES string of the molecule is COc1cccc(CC(=O)NC2c3ccccc3C=NN2C)c1. The van der Waals surface area contributed by atoms with Gasteiger partial charge in [-0.15, -0.1) is 0 Å². The number of benzene rings is 2. The Morgan fingerprint density at radius 1 is 1.26 bits per heavy atom. The van der Waals surface area contributed by atoms with Gasteiger partial charge in [-0.1, -0.05) is 36.4 Å². The molecule has 118 valence electrons. The van der Waals surface area contributed by atoms with Crippen molar-refractivity contribution in [3.63, 3.8) is 0 Å². The van der Waals surface area contributed by atoms with Crippen LogP contribution in [0.15, 0.2) is 53.6 Å². The number of rotatable bonds is 4. The number of fused-ring (bicyclic) bond motifs is 1. The van der Waals surface area contributed by atoms with Crippen molar-refractivity contribution in [3.05, 3.63) is 65.2 Å². The number of nitrogens with one attached hydrogen (secondary N) is 1. The maximum atomic E-state index is 12.4. The standard InChI is InChI=1S/C18H19N3O2/c1-21-18(16-9-4-3-7-14(16)12-19-21)20-17(22)11-13-6-5-8-15(10-13)23-2/h3-10,12,18H,11H2,1-2H3,(H,20,22). The van der Waals surface area contributed by atoms with Gasteiger partial charge in [0.25, 0.3) is 0 Å². The third kappa shape index (κ3) is 3.34. The molecule has 1 aliphatic rings. The molecule has 0 bridgehead atoms. The summed E-state index contributed by atoms with van der Waals surface area (Å²) < 4.78 is 5.19. The van der Waals surface area contributed by atoms with E-state index in [4.69, 9.17) is 4.74 Å². The predicted octanol–water partition coefficient (Wildman–Crippen LogP) is 2.33. The summed E-state index contributed by atoms with van der Waals surface area (Å²) in [5, 5.41) is 9.11. The van der Waals surface area contributed by atoms with Gasteiger partial charge in [0.15, 0.2) is 0 Å². The molecule has 5 heteroatoms. The van der Waals surface area contributed by atoms with E-state index in [1.54, 1.807) is 18.3 Å². The number of hydrazone groups is 1. The summed E-state index contributed by atoms with van der Waals surface area (Å²) in [7, 11) is 3.47. The lowest BCUT2D eigenvalue weighted by Gasteiger charge is -2.31. The van der Waals surface area contributed by atoms with Gasteiger partial charge < -0.3 is 10.1 Å². The van der Waals surface area contributed by atoms with Gasteiger partial charge in [0, 0.05) is 18.2 Å². The van der Waals surface area contributed by atoms with Crippen molar-refractivity contribution in [1.29, 1.82) is 0 Å². The first-order valence-corrected chi connectivity index (χ1v) is 7.45. The highest BCUT2D eigenvalue weighted by Gasteiger charge is 2.23. The molecule has 2 aromatic carbocycles. The molecule has 1 heterocycles. The lowest BCUT2D eigenvalue weighted by molar-refractivity contribution is -0.122. The minimum absolute atomic E-state index is 0.0537. The quantitative estimate of drug-likeness (QED) is 0.943. The van der Waals surface area contributed by atoms with Crippen LogP contribution in [-0.2, 0) is 11.2 Å². The van der Waals surface area contributed by atoms with Crippen LogP contribution in [0.2, 0.25) is 0 Å². The number of nitrogens with zero attached hydrogens (tertiary/aromatic N) is 2. The summed E-state index contributed by atoms with van der Waals surface area (Å²) in [5.41, 5.74) is 2.98. The first-order valence-electron chi connectivity index (χ1n) is 7.45. The van der Waals surface area contributed by atoms with Crippen LogP contribution in [0, 0.1) is 0 Å². The monoisotopic (exact) mass is 309 g/mol. The molecule has 3 rings (SSSR count). The van der Waals surface area contributed by atoms with E-state index in [0.717, 1.165) is 22.4 Å². The summed E-state index contributed by atoms with van der Waals surface area (Å²) >= 11 is 0. The molecule has 1 N–H and O–H groups in total. The van der Waals surface area contributed by atoms with Gasteiger partial charge in [-0.05, 0) is 17.7 Å². The zero-order valence-electron chi connectivity index (χ0n) is 13.2. The van der Waals surface area contributed by atoms with Crippen LogP contribution < -0.4 is 10.1 Å². The van der Waals surface area contributed by atoms with E-state index in [1.165, 1.54) is 0 Å². The van der Waals surface area contributed by atoms with Gasteiger partial charge in [-0.2, -0.15) is 5.10 Å². The Bertz CT molecular complexity index is 743. The molecule has 0 aromatic heterocycles. The summed E-state index contributed by atoms with van der Waals surface area (Å²) in [4.78, 5) is 12.4. The Morgan fingerprint density at radius 3 is 2.91 bits per heavy atom. The topological polar surface area (TPSA) is 53.9 Å². The molecule has 23 heavy (non-hydrogen) atoms. The average Bonchev–Trinajstić information content (AvgIpc) is 2.57. The molecule has 0 saturated carbocycles. The van der Waals surface area contributed by atoms with Gasteiger partial charge in [-0.3, -0.25) is 9.80 Å². The van der Waals surface area contributed by atoms with Gasteiger partial charge in [0.05, 0.1) is 19.7 Å². The third-order valence-electron chi connectivity index (χ3n) is 3.84. The van der Waals surface area contributed by atoms with Crippen molar-refractivity contribution in [2.45, 2.75) is 12.6 Å². The lowest BCUT2D eigenvalue weighted by atomic mass is 10.0. The molecule has 1 amide bonds. The molecule has 0 aliphatic carbocycles. The molecular formula is C18H19N3O2. The molecule has 1 unspecified atom stereocenters. The number of hydrogen-bond acceptors (Lipinski definition) is 4. The highest BCUT2D eigenvalue weighted by Crippen LogP contribution is 2.24.